The fourth-order valence-corrected chi connectivity index (χ4v) is 1.42. The average Bonchev–Trinajstić information content (AvgIpc) is 2.37. The zero-order valence-corrected chi connectivity index (χ0v) is 10.6. The maximum atomic E-state index is 11.6. The highest BCUT2D eigenvalue weighted by Crippen LogP contribution is 2.16. The molecule has 0 saturated carbocycles. The Labute approximate surface area is 110 Å². The summed E-state index contributed by atoms with van der Waals surface area (Å²) in [5.74, 6) is -0.985. The molecule has 1 unspecified atom stereocenters. The Bertz CT molecular complexity index is 450. The first-order valence-corrected chi connectivity index (χ1v) is 5.67. The molecular formula is C12H17N3O4. The fraction of sp³-hybridized carbons (Fsp3) is 0.333. The third kappa shape index (κ3) is 5.26. The summed E-state index contributed by atoms with van der Waals surface area (Å²) in [4.78, 5) is 22.1. The van der Waals surface area contributed by atoms with Crippen molar-refractivity contribution in [2.75, 3.05) is 24.7 Å². The van der Waals surface area contributed by atoms with E-state index in [2.05, 4.69) is 10.6 Å². The minimum Gasteiger partial charge on any atom is -0.481 e. The third-order valence-corrected chi connectivity index (χ3v) is 2.43. The van der Waals surface area contributed by atoms with E-state index < -0.39 is 18.1 Å². The van der Waals surface area contributed by atoms with E-state index in [1.807, 2.05) is 0 Å². The molecule has 0 fully saturated rings. The molecule has 7 nitrogen and oxygen atoms in total. The Balaban J connectivity index is 2.43. The van der Waals surface area contributed by atoms with Crippen LogP contribution in [0.4, 0.5) is 16.2 Å². The van der Waals surface area contributed by atoms with E-state index in [1.165, 1.54) is 7.11 Å². The quantitative estimate of drug-likeness (QED) is 0.571. The van der Waals surface area contributed by atoms with E-state index in [-0.39, 0.29) is 13.0 Å². The molecule has 1 aromatic carbocycles. The molecule has 0 aliphatic heterocycles. The van der Waals surface area contributed by atoms with Gasteiger partial charge in [-0.3, -0.25) is 4.79 Å². The molecule has 7 heteroatoms. The van der Waals surface area contributed by atoms with Gasteiger partial charge in [-0.1, -0.05) is 12.1 Å². The number of carbonyl (C=O) groups is 2. The second kappa shape index (κ2) is 7.22. The molecule has 1 atom stereocenters. The molecule has 104 valence electrons. The topological polar surface area (TPSA) is 114 Å². The molecule has 0 radical (unpaired) electrons. The minimum absolute atomic E-state index is 0.0986. The molecule has 0 heterocycles. The summed E-state index contributed by atoms with van der Waals surface area (Å²) in [6, 6.07) is 6.36. The van der Waals surface area contributed by atoms with Crippen molar-refractivity contribution in [3.05, 3.63) is 24.3 Å². The Morgan fingerprint density at radius 3 is 2.68 bits per heavy atom. The molecule has 0 bridgehead atoms. The van der Waals surface area contributed by atoms with Crippen molar-refractivity contribution in [1.82, 2.24) is 5.32 Å². The van der Waals surface area contributed by atoms with Crippen LogP contribution in [0.15, 0.2) is 24.3 Å². The fourth-order valence-electron chi connectivity index (χ4n) is 1.42. The highest BCUT2D eigenvalue weighted by molar-refractivity contribution is 5.92. The third-order valence-electron chi connectivity index (χ3n) is 2.43. The van der Waals surface area contributed by atoms with Gasteiger partial charge in [0.05, 0.1) is 23.9 Å². The summed E-state index contributed by atoms with van der Waals surface area (Å²) in [5, 5.41) is 13.7. The van der Waals surface area contributed by atoms with E-state index in [4.69, 9.17) is 15.6 Å². The summed E-state index contributed by atoms with van der Waals surface area (Å²) in [6.07, 6.45) is -0.749. The minimum atomic E-state index is -0.985. The number of benzene rings is 1. The van der Waals surface area contributed by atoms with Crippen LogP contribution in [0.5, 0.6) is 0 Å². The molecule has 2 amide bonds. The number of hydrogen-bond donors (Lipinski definition) is 4. The second-order valence-corrected chi connectivity index (χ2v) is 3.88. The van der Waals surface area contributed by atoms with E-state index in [0.717, 1.165) is 0 Å². The molecule has 0 aliphatic rings. The summed E-state index contributed by atoms with van der Waals surface area (Å²) in [6.45, 7) is 0.0986. The number of nitrogens with one attached hydrogen (secondary N) is 2. The number of hydrogen-bond acceptors (Lipinski definition) is 4. The highest BCUT2D eigenvalue weighted by atomic mass is 16.5. The number of nitrogen functional groups attached to an aromatic ring is 1. The van der Waals surface area contributed by atoms with Gasteiger partial charge in [0.15, 0.2) is 0 Å². The normalized spacial score (nSPS) is 11.6. The zero-order chi connectivity index (χ0) is 14.3. The number of para-hydroxylation sites is 2. The lowest BCUT2D eigenvalue weighted by Crippen LogP contribution is -2.37. The molecule has 0 aromatic heterocycles. The monoisotopic (exact) mass is 267 g/mol. The van der Waals surface area contributed by atoms with Crippen LogP contribution in [0.3, 0.4) is 0 Å². The van der Waals surface area contributed by atoms with Crippen LogP contribution in [0.2, 0.25) is 0 Å². The van der Waals surface area contributed by atoms with E-state index >= 15 is 0 Å². The van der Waals surface area contributed by atoms with Crippen molar-refractivity contribution < 1.29 is 19.4 Å². The predicted octanol–water partition coefficient (Wildman–Crippen LogP) is 0.880. The van der Waals surface area contributed by atoms with Crippen LogP contribution in [0, 0.1) is 0 Å². The van der Waals surface area contributed by atoms with Gasteiger partial charge in [0, 0.05) is 13.7 Å². The highest BCUT2D eigenvalue weighted by Gasteiger charge is 2.13. The standard InChI is InChI=1S/C12H17N3O4/c1-19-8(6-11(16)17)7-14-12(18)15-10-5-3-2-4-9(10)13/h2-5,8H,6-7,13H2,1H3,(H,16,17)(H2,14,15,18). The summed E-state index contributed by atoms with van der Waals surface area (Å²) in [5.41, 5.74) is 6.62. The van der Waals surface area contributed by atoms with Gasteiger partial charge in [0.25, 0.3) is 0 Å². The Morgan fingerprint density at radius 1 is 1.42 bits per heavy atom. The maximum Gasteiger partial charge on any atom is 0.319 e. The van der Waals surface area contributed by atoms with Crippen molar-refractivity contribution in [1.29, 1.82) is 0 Å². The number of rotatable bonds is 6. The average molecular weight is 267 g/mol. The van der Waals surface area contributed by atoms with Gasteiger partial charge >= 0.3 is 12.0 Å². The van der Waals surface area contributed by atoms with Crippen molar-refractivity contribution in [2.24, 2.45) is 0 Å². The summed E-state index contributed by atoms with van der Waals surface area (Å²) < 4.78 is 4.94. The maximum absolute atomic E-state index is 11.6. The van der Waals surface area contributed by atoms with E-state index in [1.54, 1.807) is 24.3 Å². The van der Waals surface area contributed by atoms with Crippen molar-refractivity contribution in [3.63, 3.8) is 0 Å². The van der Waals surface area contributed by atoms with Crippen molar-refractivity contribution >= 4 is 23.4 Å². The van der Waals surface area contributed by atoms with Crippen molar-refractivity contribution in [3.8, 4) is 0 Å². The molecule has 5 N–H and O–H groups in total. The van der Waals surface area contributed by atoms with Crippen LogP contribution in [-0.4, -0.2) is 36.9 Å². The first-order valence-electron chi connectivity index (χ1n) is 5.67. The largest absolute Gasteiger partial charge is 0.481 e. The second-order valence-electron chi connectivity index (χ2n) is 3.88. The smallest absolute Gasteiger partial charge is 0.319 e. The van der Waals surface area contributed by atoms with Crippen LogP contribution in [0.25, 0.3) is 0 Å². The Hall–Kier alpha value is -2.28. The zero-order valence-electron chi connectivity index (χ0n) is 10.6. The predicted molar refractivity (Wildman–Crippen MR) is 70.9 cm³/mol. The number of ether oxygens (including phenoxy) is 1. The van der Waals surface area contributed by atoms with Gasteiger partial charge < -0.3 is 26.2 Å². The van der Waals surface area contributed by atoms with Crippen LogP contribution in [0.1, 0.15) is 6.42 Å². The molecule has 1 aromatic rings. The molecule has 0 aliphatic carbocycles. The Morgan fingerprint density at radius 2 is 2.11 bits per heavy atom. The van der Waals surface area contributed by atoms with Crippen molar-refractivity contribution in [2.45, 2.75) is 12.5 Å². The van der Waals surface area contributed by atoms with Crippen LogP contribution >= 0.6 is 0 Å². The lowest BCUT2D eigenvalue weighted by Gasteiger charge is -2.14. The first kappa shape index (κ1) is 14.8. The van der Waals surface area contributed by atoms with Gasteiger partial charge in [0.2, 0.25) is 0 Å². The van der Waals surface area contributed by atoms with Gasteiger partial charge in [-0.25, -0.2) is 4.79 Å². The number of aliphatic carboxylic acids is 1. The number of amides is 2. The number of urea groups is 1. The number of methoxy groups -OCH3 is 1. The first-order chi connectivity index (χ1) is 9.02. The SMILES string of the molecule is COC(CNC(=O)Nc1ccccc1N)CC(=O)O. The summed E-state index contributed by atoms with van der Waals surface area (Å²) in [7, 11) is 1.39. The van der Waals surface area contributed by atoms with E-state index in [0.29, 0.717) is 11.4 Å². The lowest BCUT2D eigenvalue weighted by molar-refractivity contribution is -0.139. The van der Waals surface area contributed by atoms with Gasteiger partial charge in [-0.05, 0) is 12.1 Å². The lowest BCUT2D eigenvalue weighted by atomic mass is 10.2. The molecule has 0 spiro atoms. The number of anilines is 2. The molecular weight excluding hydrogens is 250 g/mol. The number of carboxylic acids is 1. The van der Waals surface area contributed by atoms with Gasteiger partial charge in [-0.15, -0.1) is 0 Å². The van der Waals surface area contributed by atoms with Gasteiger partial charge in [0.1, 0.15) is 0 Å². The Kier molecular flexibility index (Phi) is 5.62. The van der Waals surface area contributed by atoms with Gasteiger partial charge in [-0.2, -0.15) is 0 Å². The number of carbonyl (C=O) groups excluding carboxylic acids is 1. The number of nitrogens with two attached hydrogens (primary N) is 1. The molecule has 19 heavy (non-hydrogen) atoms. The van der Waals surface area contributed by atoms with Crippen LogP contribution in [-0.2, 0) is 9.53 Å². The molecule has 0 saturated heterocycles. The molecule has 1 rings (SSSR count). The summed E-state index contributed by atoms with van der Waals surface area (Å²) >= 11 is 0. The van der Waals surface area contributed by atoms with Crippen LogP contribution < -0.4 is 16.4 Å². The number of carboxylic acid groups (broad SMARTS) is 1. The van der Waals surface area contributed by atoms with E-state index in [9.17, 15) is 9.59 Å².